The number of hydrogen-bond acceptors (Lipinski definition) is 5. The average molecular weight is 225 g/mol. The molecule has 1 unspecified atom stereocenters. The molecular weight excluding hydrogens is 214 g/mol. The van der Waals surface area contributed by atoms with Crippen LogP contribution in [0.25, 0.3) is 0 Å². The molecule has 7 nitrogen and oxygen atoms in total. The zero-order chi connectivity index (χ0) is 12.0. The Hall–Kier alpha value is -2.02. The highest BCUT2D eigenvalue weighted by atomic mass is 16.5. The Labute approximate surface area is 91.4 Å². The predicted molar refractivity (Wildman–Crippen MR) is 52.8 cm³/mol. The van der Waals surface area contributed by atoms with Gasteiger partial charge in [-0.05, 0) is 6.07 Å². The lowest BCUT2D eigenvalue weighted by molar-refractivity contribution is -0.148. The van der Waals surface area contributed by atoms with Crippen LogP contribution in [0.3, 0.4) is 0 Å². The summed E-state index contributed by atoms with van der Waals surface area (Å²) in [7, 11) is 1.26. The smallest absolute Gasteiger partial charge is 0.334 e. The van der Waals surface area contributed by atoms with Crippen molar-refractivity contribution < 1.29 is 19.4 Å². The van der Waals surface area contributed by atoms with Crippen molar-refractivity contribution in [2.24, 2.45) is 0 Å². The number of carboxylic acid groups (broad SMARTS) is 1. The van der Waals surface area contributed by atoms with Gasteiger partial charge in [-0.1, -0.05) is 0 Å². The zero-order valence-corrected chi connectivity index (χ0v) is 8.58. The molecule has 1 atom stereocenters. The van der Waals surface area contributed by atoms with Crippen LogP contribution in [-0.2, 0) is 9.53 Å². The van der Waals surface area contributed by atoms with Gasteiger partial charge in [0, 0.05) is 7.11 Å². The molecule has 0 aliphatic heterocycles. The molecule has 1 rings (SSSR count). The normalized spacial score (nSPS) is 11.8. The fourth-order valence-electron chi connectivity index (χ4n) is 0.984. The van der Waals surface area contributed by atoms with Crippen LogP contribution in [0.2, 0.25) is 0 Å². The fraction of sp³-hybridized carbons (Fsp3) is 0.333. The molecule has 0 saturated carbocycles. The van der Waals surface area contributed by atoms with E-state index >= 15 is 0 Å². The summed E-state index contributed by atoms with van der Waals surface area (Å²) in [6, 6.07) is 1.48. The number of hydrogen-bond donors (Lipinski definition) is 2. The third-order valence-corrected chi connectivity index (χ3v) is 1.85. The Bertz CT molecular complexity index is 368. The minimum absolute atomic E-state index is 0.104. The van der Waals surface area contributed by atoms with Gasteiger partial charge in [-0.3, -0.25) is 4.79 Å². The molecular formula is C9H11N3O4. The van der Waals surface area contributed by atoms with Gasteiger partial charge < -0.3 is 15.2 Å². The first-order chi connectivity index (χ1) is 7.65. The van der Waals surface area contributed by atoms with Crippen LogP contribution in [0.5, 0.6) is 0 Å². The standard InChI is InChI=1S/C9H11N3O4/c1-16-7(9(14)15)5-10-8(13)6-2-3-11-12-4-6/h2-4,7H,5H2,1H3,(H,10,13)(H,14,15). The minimum atomic E-state index is -1.13. The van der Waals surface area contributed by atoms with Gasteiger partial charge in [0.2, 0.25) is 0 Å². The first-order valence-electron chi connectivity index (χ1n) is 4.45. The van der Waals surface area contributed by atoms with Crippen LogP contribution in [0, 0.1) is 0 Å². The second-order valence-corrected chi connectivity index (χ2v) is 2.90. The summed E-state index contributed by atoms with van der Waals surface area (Å²) in [6.07, 6.45) is 1.61. The van der Waals surface area contributed by atoms with Crippen molar-refractivity contribution >= 4 is 11.9 Å². The number of rotatable bonds is 5. The molecule has 1 heterocycles. The van der Waals surface area contributed by atoms with Crippen LogP contribution >= 0.6 is 0 Å². The number of carbonyl (C=O) groups is 2. The largest absolute Gasteiger partial charge is 0.479 e. The zero-order valence-electron chi connectivity index (χ0n) is 8.58. The van der Waals surface area contributed by atoms with E-state index in [-0.39, 0.29) is 6.54 Å². The summed E-state index contributed by atoms with van der Waals surface area (Å²) in [5, 5.41) is 18.1. The molecule has 1 amide bonds. The van der Waals surface area contributed by atoms with Crippen molar-refractivity contribution in [3.63, 3.8) is 0 Å². The molecule has 0 spiro atoms. The van der Waals surface area contributed by atoms with Gasteiger partial charge in [0.1, 0.15) is 0 Å². The minimum Gasteiger partial charge on any atom is -0.479 e. The third-order valence-electron chi connectivity index (χ3n) is 1.85. The topological polar surface area (TPSA) is 101 Å². The lowest BCUT2D eigenvalue weighted by Gasteiger charge is -2.11. The first-order valence-corrected chi connectivity index (χ1v) is 4.45. The second kappa shape index (κ2) is 5.76. The van der Waals surface area contributed by atoms with E-state index in [9.17, 15) is 9.59 Å². The van der Waals surface area contributed by atoms with E-state index in [1.165, 1.54) is 25.6 Å². The third kappa shape index (κ3) is 3.28. The quantitative estimate of drug-likeness (QED) is 0.687. The molecule has 16 heavy (non-hydrogen) atoms. The summed E-state index contributed by atoms with van der Waals surface area (Å²) >= 11 is 0. The molecule has 0 fully saturated rings. The monoisotopic (exact) mass is 225 g/mol. The summed E-state index contributed by atoms with van der Waals surface area (Å²) in [5.41, 5.74) is 0.315. The molecule has 0 aromatic carbocycles. The van der Waals surface area contributed by atoms with Crippen molar-refractivity contribution in [2.75, 3.05) is 13.7 Å². The number of nitrogens with one attached hydrogen (secondary N) is 1. The molecule has 1 aromatic heterocycles. The Morgan fingerprint density at radius 2 is 2.31 bits per heavy atom. The number of aromatic nitrogens is 2. The van der Waals surface area contributed by atoms with E-state index in [1.54, 1.807) is 0 Å². The van der Waals surface area contributed by atoms with E-state index in [4.69, 9.17) is 5.11 Å². The van der Waals surface area contributed by atoms with Gasteiger partial charge in [0.25, 0.3) is 5.91 Å². The van der Waals surface area contributed by atoms with Gasteiger partial charge in [-0.25, -0.2) is 4.79 Å². The van der Waals surface area contributed by atoms with Gasteiger partial charge in [0.05, 0.1) is 24.5 Å². The van der Waals surface area contributed by atoms with Crippen molar-refractivity contribution in [2.45, 2.75) is 6.10 Å². The number of amides is 1. The summed E-state index contributed by atoms with van der Waals surface area (Å²) in [5.74, 6) is -1.55. The highest BCUT2D eigenvalue weighted by Gasteiger charge is 2.17. The van der Waals surface area contributed by atoms with Crippen LogP contribution in [0.1, 0.15) is 10.4 Å². The number of nitrogens with zero attached hydrogens (tertiary/aromatic N) is 2. The van der Waals surface area contributed by atoms with Gasteiger partial charge in [0.15, 0.2) is 6.10 Å². The molecule has 0 aliphatic rings. The van der Waals surface area contributed by atoms with Crippen molar-refractivity contribution in [3.05, 3.63) is 24.0 Å². The highest BCUT2D eigenvalue weighted by Crippen LogP contribution is 1.94. The lowest BCUT2D eigenvalue weighted by Crippen LogP contribution is -2.37. The number of ether oxygens (including phenoxy) is 1. The van der Waals surface area contributed by atoms with Crippen molar-refractivity contribution in [1.82, 2.24) is 15.5 Å². The molecule has 0 radical (unpaired) electrons. The maximum atomic E-state index is 11.5. The van der Waals surface area contributed by atoms with Crippen LogP contribution in [0.4, 0.5) is 0 Å². The Morgan fingerprint density at radius 3 is 2.81 bits per heavy atom. The molecule has 0 aliphatic carbocycles. The number of aliphatic carboxylic acids is 1. The van der Waals surface area contributed by atoms with Gasteiger partial charge >= 0.3 is 5.97 Å². The Morgan fingerprint density at radius 1 is 1.56 bits per heavy atom. The number of carboxylic acids is 1. The van der Waals surface area contributed by atoms with Crippen LogP contribution in [0.15, 0.2) is 18.5 Å². The number of methoxy groups -OCH3 is 1. The van der Waals surface area contributed by atoms with E-state index < -0.39 is 18.0 Å². The molecule has 0 bridgehead atoms. The second-order valence-electron chi connectivity index (χ2n) is 2.90. The van der Waals surface area contributed by atoms with Gasteiger partial charge in [-0.15, -0.1) is 0 Å². The molecule has 86 valence electrons. The van der Waals surface area contributed by atoms with E-state index in [0.717, 1.165) is 0 Å². The predicted octanol–water partition coefficient (Wildman–Crippen LogP) is -0.694. The summed E-state index contributed by atoms with van der Waals surface area (Å²) in [6.45, 7) is -0.104. The average Bonchev–Trinajstić information content (AvgIpc) is 2.30. The SMILES string of the molecule is COC(CNC(=O)c1ccnnc1)C(=O)O. The lowest BCUT2D eigenvalue weighted by atomic mass is 10.3. The highest BCUT2D eigenvalue weighted by molar-refractivity contribution is 5.94. The Balaban J connectivity index is 2.50. The van der Waals surface area contributed by atoms with Crippen molar-refractivity contribution in [1.29, 1.82) is 0 Å². The molecule has 7 heteroatoms. The van der Waals surface area contributed by atoms with Crippen molar-refractivity contribution in [3.8, 4) is 0 Å². The van der Waals surface area contributed by atoms with Crippen LogP contribution in [-0.4, -0.2) is 46.9 Å². The Kier molecular flexibility index (Phi) is 4.34. The number of carbonyl (C=O) groups excluding carboxylic acids is 1. The first kappa shape index (κ1) is 12.1. The maximum absolute atomic E-state index is 11.5. The maximum Gasteiger partial charge on any atom is 0.334 e. The van der Waals surface area contributed by atoms with E-state index in [1.807, 2.05) is 0 Å². The summed E-state index contributed by atoms with van der Waals surface area (Å²) in [4.78, 5) is 22.0. The molecule has 2 N–H and O–H groups in total. The van der Waals surface area contributed by atoms with E-state index in [2.05, 4.69) is 20.3 Å². The van der Waals surface area contributed by atoms with Crippen LogP contribution < -0.4 is 5.32 Å². The summed E-state index contributed by atoms with van der Waals surface area (Å²) < 4.78 is 4.66. The molecule has 1 aromatic rings. The molecule has 0 saturated heterocycles. The van der Waals surface area contributed by atoms with Gasteiger partial charge in [-0.2, -0.15) is 10.2 Å². The fourth-order valence-corrected chi connectivity index (χ4v) is 0.984. The van der Waals surface area contributed by atoms with E-state index in [0.29, 0.717) is 5.56 Å².